The third-order valence-electron chi connectivity index (χ3n) is 3.92. The van der Waals surface area contributed by atoms with Gasteiger partial charge in [-0.2, -0.15) is 0 Å². The standard InChI is InChI=1S/C15H22ClFN2O/c1-15(2,10-20)14(19-7-5-18-6-8-19)12-9-11(17)3-4-13(12)16/h3-4,9,14,18,20H,5-8,10H2,1-2H3/t14-/m1/s1. The van der Waals surface area contributed by atoms with E-state index in [4.69, 9.17) is 11.6 Å². The first-order valence-electron chi connectivity index (χ1n) is 6.96. The lowest BCUT2D eigenvalue weighted by atomic mass is 9.79. The summed E-state index contributed by atoms with van der Waals surface area (Å²) in [6, 6.07) is 4.35. The molecule has 0 aromatic heterocycles. The van der Waals surface area contributed by atoms with Crippen molar-refractivity contribution >= 4 is 11.6 Å². The molecule has 1 aromatic rings. The maximum absolute atomic E-state index is 13.6. The molecule has 0 spiro atoms. The van der Waals surface area contributed by atoms with E-state index >= 15 is 0 Å². The van der Waals surface area contributed by atoms with Crippen LogP contribution in [-0.4, -0.2) is 42.8 Å². The van der Waals surface area contributed by atoms with Gasteiger partial charge in [-0.3, -0.25) is 4.90 Å². The molecule has 3 nitrogen and oxygen atoms in total. The maximum atomic E-state index is 13.6. The van der Waals surface area contributed by atoms with Crippen LogP contribution < -0.4 is 5.32 Å². The first kappa shape index (κ1) is 15.7. The Hall–Kier alpha value is -0.680. The molecule has 1 aliphatic heterocycles. The predicted molar refractivity (Wildman–Crippen MR) is 79.5 cm³/mol. The first-order chi connectivity index (χ1) is 9.45. The number of rotatable bonds is 4. The Morgan fingerprint density at radius 1 is 1.40 bits per heavy atom. The van der Waals surface area contributed by atoms with Crippen LogP contribution in [0.1, 0.15) is 25.5 Å². The number of nitrogens with zero attached hydrogens (tertiary/aromatic N) is 1. The number of hydrogen-bond acceptors (Lipinski definition) is 3. The van der Waals surface area contributed by atoms with Crippen molar-refractivity contribution in [2.24, 2.45) is 5.41 Å². The molecular formula is C15H22ClFN2O. The molecule has 0 unspecified atom stereocenters. The second-order valence-electron chi connectivity index (χ2n) is 6.00. The van der Waals surface area contributed by atoms with E-state index < -0.39 is 5.41 Å². The van der Waals surface area contributed by atoms with Crippen molar-refractivity contribution < 1.29 is 9.50 Å². The molecule has 2 N–H and O–H groups in total. The third kappa shape index (κ3) is 3.31. The molecule has 0 aliphatic carbocycles. The number of nitrogens with one attached hydrogen (secondary N) is 1. The highest BCUT2D eigenvalue weighted by Crippen LogP contribution is 2.41. The van der Waals surface area contributed by atoms with Crippen LogP contribution in [0.25, 0.3) is 0 Å². The summed E-state index contributed by atoms with van der Waals surface area (Å²) in [5, 5.41) is 13.6. The SMILES string of the molecule is CC(C)(CO)[C@@H](c1cc(F)ccc1Cl)N1CCNCC1. The summed E-state index contributed by atoms with van der Waals surface area (Å²) < 4.78 is 13.6. The van der Waals surface area contributed by atoms with Crippen molar-refractivity contribution in [1.29, 1.82) is 0 Å². The summed E-state index contributed by atoms with van der Waals surface area (Å²) in [5.41, 5.74) is 0.363. The van der Waals surface area contributed by atoms with Gasteiger partial charge in [0.1, 0.15) is 5.82 Å². The average Bonchev–Trinajstić information content (AvgIpc) is 2.44. The molecule has 1 aliphatic rings. The number of piperazine rings is 1. The zero-order valence-corrected chi connectivity index (χ0v) is 12.8. The van der Waals surface area contributed by atoms with Gasteiger partial charge in [0.05, 0.1) is 0 Å². The van der Waals surface area contributed by atoms with Gasteiger partial charge in [0.2, 0.25) is 0 Å². The maximum Gasteiger partial charge on any atom is 0.123 e. The Bertz CT molecular complexity index is 461. The quantitative estimate of drug-likeness (QED) is 0.896. The molecule has 1 aromatic carbocycles. The molecule has 0 radical (unpaired) electrons. The molecule has 1 saturated heterocycles. The van der Waals surface area contributed by atoms with E-state index in [0.717, 1.165) is 31.7 Å². The Kier molecular flexibility index (Phi) is 5.02. The van der Waals surface area contributed by atoms with Gasteiger partial charge in [0.25, 0.3) is 0 Å². The smallest absolute Gasteiger partial charge is 0.123 e. The van der Waals surface area contributed by atoms with Crippen molar-refractivity contribution in [2.45, 2.75) is 19.9 Å². The number of hydrogen-bond donors (Lipinski definition) is 2. The number of benzene rings is 1. The topological polar surface area (TPSA) is 35.5 Å². The van der Waals surface area contributed by atoms with Gasteiger partial charge in [0.15, 0.2) is 0 Å². The summed E-state index contributed by atoms with van der Waals surface area (Å²) in [7, 11) is 0. The van der Waals surface area contributed by atoms with Crippen molar-refractivity contribution in [2.75, 3.05) is 32.8 Å². The summed E-state index contributed by atoms with van der Waals surface area (Å²) in [4.78, 5) is 2.27. The van der Waals surface area contributed by atoms with Gasteiger partial charge in [-0.25, -0.2) is 4.39 Å². The highest BCUT2D eigenvalue weighted by molar-refractivity contribution is 6.31. The van der Waals surface area contributed by atoms with Crippen LogP contribution in [-0.2, 0) is 0 Å². The van der Waals surface area contributed by atoms with Gasteiger partial charge in [-0.05, 0) is 23.8 Å². The van der Waals surface area contributed by atoms with Gasteiger partial charge in [-0.15, -0.1) is 0 Å². The van der Waals surface area contributed by atoms with Crippen LogP contribution in [0.4, 0.5) is 4.39 Å². The van der Waals surface area contributed by atoms with E-state index in [1.807, 2.05) is 13.8 Å². The van der Waals surface area contributed by atoms with E-state index in [0.29, 0.717) is 5.02 Å². The van der Waals surface area contributed by atoms with Crippen LogP contribution >= 0.6 is 11.6 Å². The Balaban J connectivity index is 2.42. The molecular weight excluding hydrogens is 279 g/mol. The summed E-state index contributed by atoms with van der Waals surface area (Å²) in [6.45, 7) is 7.51. The second-order valence-corrected chi connectivity index (χ2v) is 6.41. The fourth-order valence-electron chi connectivity index (χ4n) is 2.86. The minimum absolute atomic E-state index is 0.0223. The summed E-state index contributed by atoms with van der Waals surface area (Å²) in [5.74, 6) is -0.293. The molecule has 2 rings (SSSR count). The van der Waals surface area contributed by atoms with E-state index in [1.165, 1.54) is 12.1 Å². The van der Waals surface area contributed by atoms with Crippen LogP contribution in [0.3, 0.4) is 0 Å². The minimum atomic E-state index is -0.394. The summed E-state index contributed by atoms with van der Waals surface area (Å²) in [6.07, 6.45) is 0. The van der Waals surface area contributed by atoms with Crippen LogP contribution in [0.5, 0.6) is 0 Å². The average molecular weight is 301 g/mol. The van der Waals surface area contributed by atoms with Crippen LogP contribution in [0, 0.1) is 11.2 Å². The molecule has 1 heterocycles. The van der Waals surface area contributed by atoms with Crippen molar-refractivity contribution in [3.63, 3.8) is 0 Å². The molecule has 1 fully saturated rings. The lowest BCUT2D eigenvalue weighted by molar-refractivity contribution is 0.0304. The zero-order chi connectivity index (χ0) is 14.8. The zero-order valence-electron chi connectivity index (χ0n) is 12.0. The van der Waals surface area contributed by atoms with Crippen molar-refractivity contribution in [3.05, 3.63) is 34.6 Å². The predicted octanol–water partition coefficient (Wildman–Crippen LogP) is 2.44. The fraction of sp³-hybridized carbons (Fsp3) is 0.600. The lowest BCUT2D eigenvalue weighted by Crippen LogP contribution is -2.49. The van der Waals surface area contributed by atoms with Crippen molar-refractivity contribution in [1.82, 2.24) is 10.2 Å². The molecule has 112 valence electrons. The van der Waals surface area contributed by atoms with Gasteiger partial charge in [-0.1, -0.05) is 25.4 Å². The highest BCUT2D eigenvalue weighted by atomic mass is 35.5. The third-order valence-corrected chi connectivity index (χ3v) is 4.26. The molecule has 20 heavy (non-hydrogen) atoms. The molecule has 0 bridgehead atoms. The van der Waals surface area contributed by atoms with E-state index in [1.54, 1.807) is 6.07 Å². The monoisotopic (exact) mass is 300 g/mol. The van der Waals surface area contributed by atoms with Crippen LogP contribution in [0.15, 0.2) is 18.2 Å². The number of halogens is 2. The van der Waals surface area contributed by atoms with E-state index in [9.17, 15) is 9.50 Å². The van der Waals surface area contributed by atoms with E-state index in [2.05, 4.69) is 10.2 Å². The van der Waals surface area contributed by atoms with Crippen LogP contribution in [0.2, 0.25) is 5.02 Å². The first-order valence-corrected chi connectivity index (χ1v) is 7.34. The highest BCUT2D eigenvalue weighted by Gasteiger charge is 2.36. The molecule has 0 saturated carbocycles. The Morgan fingerprint density at radius 3 is 2.65 bits per heavy atom. The molecule has 0 amide bonds. The van der Waals surface area contributed by atoms with Gasteiger partial charge < -0.3 is 10.4 Å². The van der Waals surface area contributed by atoms with Gasteiger partial charge in [0, 0.05) is 49.3 Å². The minimum Gasteiger partial charge on any atom is -0.396 e. The molecule has 5 heteroatoms. The number of aliphatic hydroxyl groups is 1. The van der Waals surface area contributed by atoms with E-state index in [-0.39, 0.29) is 18.5 Å². The van der Waals surface area contributed by atoms with Crippen molar-refractivity contribution in [3.8, 4) is 0 Å². The Labute approximate surface area is 124 Å². The lowest BCUT2D eigenvalue weighted by Gasteiger charge is -2.43. The van der Waals surface area contributed by atoms with Gasteiger partial charge >= 0.3 is 0 Å². The Morgan fingerprint density at radius 2 is 2.05 bits per heavy atom. The largest absolute Gasteiger partial charge is 0.396 e. The molecule has 1 atom stereocenters. The number of aliphatic hydroxyl groups excluding tert-OH is 1. The second kappa shape index (κ2) is 6.39. The fourth-order valence-corrected chi connectivity index (χ4v) is 3.08. The normalized spacial score (nSPS) is 19.1. The summed E-state index contributed by atoms with van der Waals surface area (Å²) >= 11 is 6.28.